The molecule has 0 unspecified atom stereocenters. The molecule has 0 radical (unpaired) electrons. The average Bonchev–Trinajstić information content (AvgIpc) is 3.10. The van der Waals surface area contributed by atoms with Crippen LogP contribution in [-0.4, -0.2) is 48.5 Å². The molecule has 27 heavy (non-hydrogen) atoms. The molecule has 1 atom stereocenters. The summed E-state index contributed by atoms with van der Waals surface area (Å²) in [6.45, 7) is 0.676. The molecule has 2 aromatic heterocycles. The zero-order valence-corrected chi connectivity index (χ0v) is 15.3. The smallest absolute Gasteiger partial charge is 0.276 e. The number of nitrogens with zero attached hydrogens (tertiary/aromatic N) is 6. The zero-order chi connectivity index (χ0) is 18.4. The Kier molecular flexibility index (Phi) is 4.18. The van der Waals surface area contributed by atoms with Crippen LogP contribution in [0.1, 0.15) is 91.6 Å². The number of aromatic nitrogens is 5. The minimum absolute atomic E-state index is 0.109. The molecule has 2 saturated carbocycles. The summed E-state index contributed by atoms with van der Waals surface area (Å²) in [5.41, 5.74) is 6.37. The second kappa shape index (κ2) is 6.70. The van der Waals surface area contributed by atoms with Crippen molar-refractivity contribution in [1.29, 1.82) is 0 Å². The van der Waals surface area contributed by atoms with E-state index in [-0.39, 0.29) is 24.0 Å². The predicted molar refractivity (Wildman–Crippen MR) is 94.8 cm³/mol. The summed E-state index contributed by atoms with van der Waals surface area (Å²) in [5, 5.41) is 12.5. The van der Waals surface area contributed by atoms with Gasteiger partial charge in [0.25, 0.3) is 5.91 Å². The Balaban J connectivity index is 1.30. The van der Waals surface area contributed by atoms with Gasteiger partial charge < -0.3 is 15.2 Å². The van der Waals surface area contributed by atoms with Crippen LogP contribution >= 0.6 is 0 Å². The van der Waals surface area contributed by atoms with Gasteiger partial charge in [-0.1, -0.05) is 10.4 Å². The van der Waals surface area contributed by atoms with Gasteiger partial charge in [0.1, 0.15) is 6.04 Å². The number of nitrogens with two attached hydrogens (primary N) is 1. The van der Waals surface area contributed by atoms with Crippen LogP contribution in [0.3, 0.4) is 0 Å². The molecule has 2 aromatic rings. The fourth-order valence-electron chi connectivity index (χ4n) is 4.22. The third kappa shape index (κ3) is 3.24. The predicted octanol–water partition coefficient (Wildman–Crippen LogP) is 1.96. The van der Waals surface area contributed by atoms with Crippen LogP contribution in [0.25, 0.3) is 0 Å². The fraction of sp³-hybridized carbons (Fsp3) is 0.722. The summed E-state index contributed by atoms with van der Waals surface area (Å²) in [4.78, 5) is 19.4. The van der Waals surface area contributed by atoms with Gasteiger partial charge in [-0.3, -0.25) is 4.79 Å². The van der Waals surface area contributed by atoms with E-state index in [1.54, 1.807) is 11.1 Å². The largest absolute Gasteiger partial charge is 0.337 e. The molecule has 2 aliphatic carbocycles. The summed E-state index contributed by atoms with van der Waals surface area (Å²) in [5.74, 6) is 1.67. The van der Waals surface area contributed by atoms with E-state index in [2.05, 4.69) is 20.5 Å². The Hall–Kier alpha value is -2.29. The van der Waals surface area contributed by atoms with Crippen LogP contribution in [0.4, 0.5) is 0 Å². The molecule has 0 aromatic carbocycles. The van der Waals surface area contributed by atoms with Crippen molar-refractivity contribution in [2.24, 2.45) is 5.73 Å². The number of amides is 1. The Bertz CT molecular complexity index is 819. The van der Waals surface area contributed by atoms with Gasteiger partial charge in [-0.2, -0.15) is 4.98 Å². The SMILES string of the molecule is NC1CCC(n2cc(C(=O)N3CCC[C@H]3c3nc(C4CC4)no3)nn2)CC1. The first-order valence-electron chi connectivity index (χ1n) is 10.0. The maximum atomic E-state index is 13.0. The second-order valence-electron chi connectivity index (χ2n) is 8.07. The molecule has 5 rings (SSSR count). The molecule has 1 aliphatic heterocycles. The topological polar surface area (TPSA) is 116 Å². The molecular formula is C18H25N7O2. The highest BCUT2D eigenvalue weighted by Gasteiger charge is 2.37. The van der Waals surface area contributed by atoms with Crippen LogP contribution in [0.2, 0.25) is 0 Å². The van der Waals surface area contributed by atoms with Gasteiger partial charge in [0.05, 0.1) is 12.2 Å². The van der Waals surface area contributed by atoms with Crippen molar-refractivity contribution in [2.75, 3.05) is 6.54 Å². The molecule has 144 valence electrons. The average molecular weight is 371 g/mol. The molecule has 3 aliphatic rings. The Morgan fingerprint density at radius 3 is 2.74 bits per heavy atom. The van der Waals surface area contributed by atoms with Gasteiger partial charge in [-0.05, 0) is 51.4 Å². The van der Waals surface area contributed by atoms with E-state index in [1.807, 2.05) is 4.68 Å². The maximum absolute atomic E-state index is 13.0. The van der Waals surface area contributed by atoms with Crippen molar-refractivity contribution in [3.05, 3.63) is 23.6 Å². The van der Waals surface area contributed by atoms with Crippen LogP contribution in [-0.2, 0) is 0 Å². The summed E-state index contributed by atoms with van der Waals surface area (Å²) < 4.78 is 7.30. The Labute approximate surface area is 157 Å². The standard InChI is InChI=1S/C18H25N7O2/c19-12-5-7-13(8-6-12)25-10-14(21-23-25)18(26)24-9-1-2-15(24)17-20-16(22-27-17)11-3-4-11/h10-13,15H,1-9,19H2/t12?,13?,15-/m0/s1. The summed E-state index contributed by atoms with van der Waals surface area (Å²) in [6.07, 6.45) is 9.74. The third-order valence-electron chi connectivity index (χ3n) is 6.04. The van der Waals surface area contributed by atoms with E-state index in [4.69, 9.17) is 10.3 Å². The minimum atomic E-state index is -0.157. The van der Waals surface area contributed by atoms with E-state index in [9.17, 15) is 4.79 Å². The molecule has 3 fully saturated rings. The molecule has 1 saturated heterocycles. The van der Waals surface area contributed by atoms with E-state index in [0.717, 1.165) is 57.2 Å². The molecule has 0 spiro atoms. The minimum Gasteiger partial charge on any atom is -0.337 e. The van der Waals surface area contributed by atoms with Crippen LogP contribution in [0, 0.1) is 0 Å². The summed E-state index contributed by atoms with van der Waals surface area (Å²) >= 11 is 0. The lowest BCUT2D eigenvalue weighted by atomic mass is 9.92. The van der Waals surface area contributed by atoms with E-state index < -0.39 is 0 Å². The summed E-state index contributed by atoms with van der Waals surface area (Å²) in [6, 6.07) is 0.409. The molecular weight excluding hydrogens is 346 g/mol. The number of carbonyl (C=O) groups is 1. The van der Waals surface area contributed by atoms with Crippen LogP contribution < -0.4 is 5.73 Å². The lowest BCUT2D eigenvalue weighted by Gasteiger charge is -2.25. The molecule has 1 amide bonds. The lowest BCUT2D eigenvalue weighted by Crippen LogP contribution is -2.31. The first-order chi connectivity index (χ1) is 13.2. The molecule has 0 bridgehead atoms. The number of hydrogen-bond acceptors (Lipinski definition) is 7. The maximum Gasteiger partial charge on any atom is 0.276 e. The first kappa shape index (κ1) is 16.9. The van der Waals surface area contributed by atoms with Gasteiger partial charge in [0, 0.05) is 18.5 Å². The van der Waals surface area contributed by atoms with Crippen molar-refractivity contribution in [2.45, 2.75) is 75.4 Å². The van der Waals surface area contributed by atoms with Crippen molar-refractivity contribution in [3.63, 3.8) is 0 Å². The van der Waals surface area contributed by atoms with Crippen molar-refractivity contribution < 1.29 is 9.32 Å². The Morgan fingerprint density at radius 1 is 1.15 bits per heavy atom. The second-order valence-corrected chi connectivity index (χ2v) is 8.07. The zero-order valence-electron chi connectivity index (χ0n) is 15.3. The van der Waals surface area contributed by atoms with Crippen LogP contribution in [0.15, 0.2) is 10.7 Å². The quantitative estimate of drug-likeness (QED) is 0.873. The number of rotatable bonds is 4. The van der Waals surface area contributed by atoms with E-state index in [1.165, 1.54) is 0 Å². The van der Waals surface area contributed by atoms with E-state index >= 15 is 0 Å². The van der Waals surface area contributed by atoms with E-state index in [0.29, 0.717) is 24.0 Å². The van der Waals surface area contributed by atoms with Crippen molar-refractivity contribution in [1.82, 2.24) is 30.0 Å². The highest BCUT2D eigenvalue weighted by atomic mass is 16.5. The fourth-order valence-corrected chi connectivity index (χ4v) is 4.22. The normalized spacial score (nSPS) is 28.6. The number of likely N-dealkylation sites (tertiary alicyclic amines) is 1. The Morgan fingerprint density at radius 2 is 1.96 bits per heavy atom. The highest BCUT2D eigenvalue weighted by Crippen LogP contribution is 2.40. The van der Waals surface area contributed by atoms with Gasteiger partial charge >= 0.3 is 0 Å². The van der Waals surface area contributed by atoms with Crippen molar-refractivity contribution in [3.8, 4) is 0 Å². The van der Waals surface area contributed by atoms with Gasteiger partial charge in [-0.25, -0.2) is 4.68 Å². The molecule has 3 heterocycles. The van der Waals surface area contributed by atoms with Crippen molar-refractivity contribution >= 4 is 5.91 Å². The molecule has 9 nitrogen and oxygen atoms in total. The van der Waals surface area contributed by atoms with Gasteiger partial charge in [-0.15, -0.1) is 5.10 Å². The first-order valence-corrected chi connectivity index (χ1v) is 10.0. The molecule has 2 N–H and O–H groups in total. The monoisotopic (exact) mass is 371 g/mol. The lowest BCUT2D eigenvalue weighted by molar-refractivity contribution is 0.0704. The van der Waals surface area contributed by atoms with Crippen LogP contribution in [0.5, 0.6) is 0 Å². The molecule has 9 heteroatoms. The van der Waals surface area contributed by atoms with Gasteiger partial charge in [0.2, 0.25) is 5.89 Å². The number of hydrogen-bond donors (Lipinski definition) is 1. The highest BCUT2D eigenvalue weighted by molar-refractivity contribution is 5.92. The van der Waals surface area contributed by atoms with Gasteiger partial charge in [0.15, 0.2) is 11.5 Å². The third-order valence-corrected chi connectivity index (χ3v) is 6.04. The summed E-state index contributed by atoms with van der Waals surface area (Å²) in [7, 11) is 0. The number of carbonyl (C=O) groups excluding carboxylic acids is 1.